The van der Waals surface area contributed by atoms with E-state index in [2.05, 4.69) is 4.98 Å². The van der Waals surface area contributed by atoms with Gasteiger partial charge in [-0.2, -0.15) is 0 Å². The number of amides is 1. The second kappa shape index (κ2) is 4.42. The molecule has 1 saturated heterocycles. The molecule has 1 aromatic carbocycles. The Kier molecular flexibility index (Phi) is 2.74. The lowest BCUT2D eigenvalue weighted by atomic mass is 10.1. The maximum absolute atomic E-state index is 11.9. The fourth-order valence-electron chi connectivity index (χ4n) is 2.44. The summed E-state index contributed by atoms with van der Waals surface area (Å²) in [4.78, 5) is 20.0. The average molecular weight is 256 g/mol. The van der Waals surface area contributed by atoms with E-state index >= 15 is 0 Å². The fourth-order valence-corrected chi connectivity index (χ4v) is 2.44. The summed E-state index contributed by atoms with van der Waals surface area (Å²) in [6.45, 7) is 1.88. The zero-order chi connectivity index (χ0) is 13.4. The summed E-state index contributed by atoms with van der Waals surface area (Å²) in [5.41, 5.74) is 8.51. The van der Waals surface area contributed by atoms with Crippen molar-refractivity contribution in [3.05, 3.63) is 30.5 Å². The van der Waals surface area contributed by atoms with Crippen LogP contribution in [-0.2, 0) is 4.79 Å². The van der Waals surface area contributed by atoms with Gasteiger partial charge in [0, 0.05) is 25.5 Å². The summed E-state index contributed by atoms with van der Waals surface area (Å²) < 4.78 is 0. The van der Waals surface area contributed by atoms with E-state index in [4.69, 9.17) is 5.73 Å². The summed E-state index contributed by atoms with van der Waals surface area (Å²) in [6.07, 6.45) is 1.67. The first-order valence-electron chi connectivity index (χ1n) is 6.29. The van der Waals surface area contributed by atoms with Crippen molar-refractivity contribution in [3.8, 4) is 0 Å². The molecule has 2 N–H and O–H groups in total. The second-order valence-electron chi connectivity index (χ2n) is 4.82. The third-order valence-corrected chi connectivity index (χ3v) is 3.55. The van der Waals surface area contributed by atoms with Gasteiger partial charge in [-0.15, -0.1) is 0 Å². The van der Waals surface area contributed by atoms with E-state index in [1.807, 2.05) is 36.2 Å². The molecule has 3 rings (SSSR count). The quantitative estimate of drug-likeness (QED) is 0.829. The number of rotatable bonds is 1. The minimum atomic E-state index is 0.117. The number of para-hydroxylation sites is 1. The Morgan fingerprint density at radius 3 is 2.84 bits per heavy atom. The van der Waals surface area contributed by atoms with Crippen molar-refractivity contribution in [2.45, 2.75) is 0 Å². The van der Waals surface area contributed by atoms with E-state index in [-0.39, 0.29) is 5.91 Å². The van der Waals surface area contributed by atoms with Crippen LogP contribution in [0, 0.1) is 0 Å². The average Bonchev–Trinajstić information content (AvgIpc) is 2.42. The smallest absolute Gasteiger partial charge is 0.241 e. The molecule has 0 atom stereocenters. The van der Waals surface area contributed by atoms with Gasteiger partial charge >= 0.3 is 0 Å². The van der Waals surface area contributed by atoms with Crippen molar-refractivity contribution in [1.82, 2.24) is 9.88 Å². The number of benzene rings is 1. The van der Waals surface area contributed by atoms with E-state index in [1.54, 1.807) is 11.1 Å². The lowest BCUT2D eigenvalue weighted by Crippen LogP contribution is -2.48. The number of pyridine rings is 1. The molecule has 1 aliphatic rings. The van der Waals surface area contributed by atoms with Gasteiger partial charge in [-0.05, 0) is 6.07 Å². The Morgan fingerprint density at radius 2 is 2.05 bits per heavy atom. The monoisotopic (exact) mass is 256 g/mol. The number of hydrogen-bond acceptors (Lipinski definition) is 4. The molecule has 1 amide bonds. The van der Waals surface area contributed by atoms with Crippen LogP contribution < -0.4 is 10.6 Å². The highest BCUT2D eigenvalue weighted by molar-refractivity contribution is 5.99. The number of nitrogen functional groups attached to an aromatic ring is 1. The Balaban J connectivity index is 2.09. The van der Waals surface area contributed by atoms with Crippen LogP contribution >= 0.6 is 0 Å². The van der Waals surface area contributed by atoms with E-state index in [9.17, 15) is 4.79 Å². The van der Waals surface area contributed by atoms with Gasteiger partial charge in [0.05, 0.1) is 29.6 Å². The predicted molar refractivity (Wildman–Crippen MR) is 76.0 cm³/mol. The first-order chi connectivity index (χ1) is 9.16. The Bertz CT molecular complexity index is 640. The van der Waals surface area contributed by atoms with Crippen molar-refractivity contribution in [2.75, 3.05) is 37.3 Å². The van der Waals surface area contributed by atoms with Crippen LogP contribution in [0.4, 0.5) is 11.4 Å². The molecule has 0 saturated carbocycles. The van der Waals surface area contributed by atoms with Crippen LogP contribution in [0.25, 0.3) is 10.9 Å². The molecule has 0 radical (unpaired) electrons. The molecule has 0 unspecified atom stereocenters. The van der Waals surface area contributed by atoms with Gasteiger partial charge in [0.25, 0.3) is 0 Å². The molecule has 1 aliphatic heterocycles. The van der Waals surface area contributed by atoms with E-state index < -0.39 is 0 Å². The van der Waals surface area contributed by atoms with Crippen LogP contribution in [-0.4, -0.2) is 42.5 Å². The first kappa shape index (κ1) is 11.8. The van der Waals surface area contributed by atoms with E-state index in [1.165, 1.54) is 0 Å². The minimum absolute atomic E-state index is 0.117. The SMILES string of the molecule is CN1CCN(c2c(N)cnc3ccccc23)CC1=O. The Morgan fingerprint density at radius 1 is 1.26 bits per heavy atom. The molecule has 0 spiro atoms. The predicted octanol–water partition coefficient (Wildman–Crippen LogP) is 1.10. The topological polar surface area (TPSA) is 62.5 Å². The zero-order valence-electron chi connectivity index (χ0n) is 10.8. The summed E-state index contributed by atoms with van der Waals surface area (Å²) in [5, 5.41) is 1.000. The maximum atomic E-state index is 11.9. The zero-order valence-corrected chi connectivity index (χ0v) is 10.8. The van der Waals surface area contributed by atoms with Gasteiger partial charge in [-0.1, -0.05) is 18.2 Å². The van der Waals surface area contributed by atoms with Crippen molar-refractivity contribution in [2.24, 2.45) is 0 Å². The number of likely N-dealkylation sites (N-methyl/N-ethyl adjacent to an activating group) is 1. The summed E-state index contributed by atoms with van der Waals surface area (Å²) in [7, 11) is 1.83. The number of anilines is 2. The molecule has 5 nitrogen and oxygen atoms in total. The molecule has 0 bridgehead atoms. The van der Waals surface area contributed by atoms with Crippen LogP contribution in [0.1, 0.15) is 0 Å². The number of aromatic nitrogens is 1. The molecular formula is C14H16N4O. The Hall–Kier alpha value is -2.30. The summed E-state index contributed by atoms with van der Waals surface area (Å²) in [5.74, 6) is 0.117. The maximum Gasteiger partial charge on any atom is 0.241 e. The lowest BCUT2D eigenvalue weighted by Gasteiger charge is -2.34. The number of nitrogens with two attached hydrogens (primary N) is 1. The number of carbonyl (C=O) groups is 1. The van der Waals surface area contributed by atoms with Gasteiger partial charge in [0.15, 0.2) is 0 Å². The van der Waals surface area contributed by atoms with Crippen LogP contribution in [0.15, 0.2) is 30.5 Å². The number of nitrogens with zero attached hydrogens (tertiary/aromatic N) is 3. The molecule has 19 heavy (non-hydrogen) atoms. The van der Waals surface area contributed by atoms with Gasteiger partial charge in [0.2, 0.25) is 5.91 Å². The molecule has 1 fully saturated rings. The molecule has 1 aromatic heterocycles. The van der Waals surface area contributed by atoms with Crippen LogP contribution in [0.5, 0.6) is 0 Å². The van der Waals surface area contributed by atoms with Crippen molar-refractivity contribution >= 4 is 28.2 Å². The van der Waals surface area contributed by atoms with Crippen LogP contribution in [0.2, 0.25) is 0 Å². The highest BCUT2D eigenvalue weighted by Crippen LogP contribution is 2.31. The van der Waals surface area contributed by atoms with E-state index in [0.717, 1.165) is 29.7 Å². The fraction of sp³-hybridized carbons (Fsp3) is 0.286. The minimum Gasteiger partial charge on any atom is -0.396 e. The number of hydrogen-bond donors (Lipinski definition) is 1. The normalized spacial score (nSPS) is 16.2. The van der Waals surface area contributed by atoms with Crippen LogP contribution in [0.3, 0.4) is 0 Å². The van der Waals surface area contributed by atoms with Gasteiger partial charge in [-0.3, -0.25) is 9.78 Å². The lowest BCUT2D eigenvalue weighted by molar-refractivity contribution is -0.129. The molecule has 0 aliphatic carbocycles. The van der Waals surface area contributed by atoms with E-state index in [0.29, 0.717) is 12.2 Å². The third-order valence-electron chi connectivity index (χ3n) is 3.55. The van der Waals surface area contributed by atoms with Crippen molar-refractivity contribution < 1.29 is 4.79 Å². The first-order valence-corrected chi connectivity index (χ1v) is 6.29. The Labute approximate surface area is 111 Å². The molecule has 98 valence electrons. The number of fused-ring (bicyclic) bond motifs is 1. The highest BCUT2D eigenvalue weighted by Gasteiger charge is 2.23. The summed E-state index contributed by atoms with van der Waals surface area (Å²) in [6, 6.07) is 7.86. The molecule has 2 aromatic rings. The molecule has 2 heterocycles. The number of piperazine rings is 1. The molecule has 5 heteroatoms. The van der Waals surface area contributed by atoms with Gasteiger partial charge < -0.3 is 15.5 Å². The third kappa shape index (κ3) is 1.97. The number of carbonyl (C=O) groups excluding carboxylic acids is 1. The van der Waals surface area contributed by atoms with Gasteiger partial charge in [-0.25, -0.2) is 0 Å². The summed E-state index contributed by atoms with van der Waals surface area (Å²) >= 11 is 0. The van der Waals surface area contributed by atoms with Crippen molar-refractivity contribution in [3.63, 3.8) is 0 Å². The second-order valence-corrected chi connectivity index (χ2v) is 4.82. The highest BCUT2D eigenvalue weighted by atomic mass is 16.2. The largest absolute Gasteiger partial charge is 0.396 e. The standard InChI is InChI=1S/C14H16N4O/c1-17-6-7-18(9-13(17)19)14-10-4-2-3-5-12(10)16-8-11(14)15/h2-5,8H,6-7,9,15H2,1H3. The van der Waals surface area contributed by atoms with Gasteiger partial charge in [0.1, 0.15) is 0 Å². The molecular weight excluding hydrogens is 240 g/mol. The van der Waals surface area contributed by atoms with Crippen molar-refractivity contribution in [1.29, 1.82) is 0 Å².